The van der Waals surface area contributed by atoms with Gasteiger partial charge < -0.3 is 9.47 Å². The standard InChI is InChI=1S/C25H25NO3/c1-25(2,3)29-24(27)21(16-26)23(20-13-7-8-15-22(20)28-4)19-14-9-11-17-10-5-6-12-18(17)19/h5-15,21,23H,1-4H3. The predicted octanol–water partition coefficient (Wildman–Crippen LogP) is 5.46. The first-order chi connectivity index (χ1) is 13.9. The summed E-state index contributed by atoms with van der Waals surface area (Å²) in [5.74, 6) is -1.45. The maximum atomic E-state index is 13.0. The van der Waals surface area contributed by atoms with Crippen molar-refractivity contribution >= 4 is 16.7 Å². The van der Waals surface area contributed by atoms with E-state index in [1.165, 1.54) is 0 Å². The molecule has 0 spiro atoms. The summed E-state index contributed by atoms with van der Waals surface area (Å²) in [6, 6.07) is 23.6. The molecule has 2 atom stereocenters. The van der Waals surface area contributed by atoms with Crippen molar-refractivity contribution in [1.29, 1.82) is 5.26 Å². The quantitative estimate of drug-likeness (QED) is 0.545. The third-order valence-electron chi connectivity index (χ3n) is 4.77. The summed E-state index contributed by atoms with van der Waals surface area (Å²) in [6.45, 7) is 5.40. The number of carbonyl (C=O) groups excluding carboxylic acids is 1. The molecule has 0 N–H and O–H groups in total. The van der Waals surface area contributed by atoms with E-state index < -0.39 is 23.4 Å². The van der Waals surface area contributed by atoms with Crippen molar-refractivity contribution in [2.75, 3.05) is 7.11 Å². The Balaban J connectivity index is 2.24. The lowest BCUT2D eigenvalue weighted by molar-refractivity contribution is -0.158. The van der Waals surface area contributed by atoms with Gasteiger partial charge >= 0.3 is 5.97 Å². The zero-order valence-corrected chi connectivity index (χ0v) is 17.2. The lowest BCUT2D eigenvalue weighted by Crippen LogP contribution is -2.31. The molecule has 0 amide bonds. The van der Waals surface area contributed by atoms with Gasteiger partial charge in [0.2, 0.25) is 0 Å². The molecule has 4 heteroatoms. The van der Waals surface area contributed by atoms with Crippen LogP contribution in [0.3, 0.4) is 0 Å². The number of benzene rings is 3. The lowest BCUT2D eigenvalue weighted by Gasteiger charge is -2.28. The van der Waals surface area contributed by atoms with Crippen molar-refractivity contribution in [3.8, 4) is 11.8 Å². The van der Waals surface area contributed by atoms with Crippen LogP contribution in [0, 0.1) is 17.2 Å². The molecular formula is C25H25NO3. The summed E-state index contributed by atoms with van der Waals surface area (Å²) in [5, 5.41) is 12.1. The van der Waals surface area contributed by atoms with Gasteiger partial charge in [-0.15, -0.1) is 0 Å². The van der Waals surface area contributed by atoms with Gasteiger partial charge in [0.25, 0.3) is 0 Å². The molecule has 2 unspecified atom stereocenters. The number of esters is 1. The van der Waals surface area contributed by atoms with E-state index in [-0.39, 0.29) is 0 Å². The zero-order chi connectivity index (χ0) is 21.0. The smallest absolute Gasteiger partial charge is 0.324 e. The lowest BCUT2D eigenvalue weighted by atomic mass is 9.79. The van der Waals surface area contributed by atoms with Crippen LogP contribution in [0.15, 0.2) is 66.7 Å². The van der Waals surface area contributed by atoms with Crippen LogP contribution >= 0.6 is 0 Å². The summed E-state index contributed by atoms with van der Waals surface area (Å²) in [5.41, 5.74) is 0.991. The van der Waals surface area contributed by atoms with E-state index in [2.05, 4.69) is 6.07 Å². The number of nitrogens with zero attached hydrogens (tertiary/aromatic N) is 1. The van der Waals surface area contributed by atoms with E-state index >= 15 is 0 Å². The van der Waals surface area contributed by atoms with Crippen molar-refractivity contribution in [2.45, 2.75) is 32.3 Å². The average Bonchev–Trinajstić information content (AvgIpc) is 2.70. The van der Waals surface area contributed by atoms with Crippen LogP contribution < -0.4 is 4.74 Å². The zero-order valence-electron chi connectivity index (χ0n) is 17.2. The number of hydrogen-bond donors (Lipinski definition) is 0. The Morgan fingerprint density at radius 3 is 2.24 bits per heavy atom. The molecule has 0 saturated heterocycles. The van der Waals surface area contributed by atoms with Crippen molar-refractivity contribution in [3.05, 3.63) is 77.9 Å². The second-order valence-electron chi connectivity index (χ2n) is 7.93. The van der Waals surface area contributed by atoms with Gasteiger partial charge in [0.15, 0.2) is 5.92 Å². The SMILES string of the molecule is COc1ccccc1C(c1cccc2ccccc12)C(C#N)C(=O)OC(C)(C)C. The maximum absolute atomic E-state index is 13.0. The summed E-state index contributed by atoms with van der Waals surface area (Å²) < 4.78 is 11.2. The third-order valence-corrected chi connectivity index (χ3v) is 4.77. The fourth-order valence-electron chi connectivity index (χ4n) is 3.60. The highest BCUT2D eigenvalue weighted by Gasteiger charge is 2.36. The Morgan fingerprint density at radius 2 is 1.55 bits per heavy atom. The Labute approximate surface area is 171 Å². The van der Waals surface area contributed by atoms with E-state index in [4.69, 9.17) is 9.47 Å². The molecule has 0 saturated carbocycles. The second-order valence-corrected chi connectivity index (χ2v) is 7.93. The third kappa shape index (κ3) is 4.41. The number of rotatable bonds is 5. The molecule has 148 valence electrons. The normalized spacial score (nSPS) is 13.3. The number of nitriles is 1. The summed E-state index contributed by atoms with van der Waals surface area (Å²) in [6.07, 6.45) is 0. The molecule has 3 aromatic carbocycles. The number of carbonyl (C=O) groups is 1. The van der Waals surface area contributed by atoms with E-state index in [0.717, 1.165) is 21.9 Å². The topological polar surface area (TPSA) is 59.3 Å². The van der Waals surface area contributed by atoms with E-state index in [9.17, 15) is 10.1 Å². The largest absolute Gasteiger partial charge is 0.496 e. The Kier molecular flexibility index (Phi) is 5.89. The fourth-order valence-corrected chi connectivity index (χ4v) is 3.60. The number of fused-ring (bicyclic) bond motifs is 1. The van der Waals surface area contributed by atoms with Crippen LogP contribution in [0.5, 0.6) is 5.75 Å². The van der Waals surface area contributed by atoms with Crippen LogP contribution in [0.2, 0.25) is 0 Å². The van der Waals surface area contributed by atoms with Crippen molar-refractivity contribution < 1.29 is 14.3 Å². The van der Waals surface area contributed by atoms with Gasteiger partial charge in [0.05, 0.1) is 13.2 Å². The Hall–Kier alpha value is -3.32. The molecule has 0 aliphatic heterocycles. The molecular weight excluding hydrogens is 362 g/mol. The summed E-state index contributed by atoms with van der Waals surface area (Å²) in [7, 11) is 1.59. The molecule has 4 nitrogen and oxygen atoms in total. The number of ether oxygens (including phenoxy) is 2. The molecule has 0 heterocycles. The molecule has 0 fully saturated rings. The number of methoxy groups -OCH3 is 1. The fraction of sp³-hybridized carbons (Fsp3) is 0.280. The van der Waals surface area contributed by atoms with Gasteiger partial charge in [-0.2, -0.15) is 5.26 Å². The van der Waals surface area contributed by atoms with Crippen LogP contribution in [0.25, 0.3) is 10.8 Å². The Bertz CT molecular complexity index is 1050. The monoisotopic (exact) mass is 387 g/mol. The van der Waals surface area contributed by atoms with Crippen molar-refractivity contribution in [2.24, 2.45) is 5.92 Å². The molecule has 3 rings (SSSR count). The highest BCUT2D eigenvalue weighted by molar-refractivity contribution is 5.88. The molecule has 3 aromatic rings. The summed E-state index contributed by atoms with van der Waals surface area (Å²) >= 11 is 0. The van der Waals surface area contributed by atoms with E-state index in [1.807, 2.05) is 66.7 Å². The molecule has 0 bridgehead atoms. The van der Waals surface area contributed by atoms with Gasteiger partial charge in [-0.25, -0.2) is 0 Å². The summed E-state index contributed by atoms with van der Waals surface area (Å²) in [4.78, 5) is 13.0. The van der Waals surface area contributed by atoms with Crippen molar-refractivity contribution in [1.82, 2.24) is 0 Å². The highest BCUT2D eigenvalue weighted by atomic mass is 16.6. The van der Waals surface area contributed by atoms with Gasteiger partial charge in [-0.1, -0.05) is 60.7 Å². The molecule has 29 heavy (non-hydrogen) atoms. The highest BCUT2D eigenvalue weighted by Crippen LogP contribution is 2.41. The second kappa shape index (κ2) is 8.36. The number of para-hydroxylation sites is 1. The van der Waals surface area contributed by atoms with Gasteiger partial charge in [-0.3, -0.25) is 4.79 Å². The number of hydrogen-bond acceptors (Lipinski definition) is 4. The minimum absolute atomic E-state index is 0.530. The molecule has 0 aromatic heterocycles. The average molecular weight is 387 g/mol. The van der Waals surface area contributed by atoms with Crippen LogP contribution in [0.1, 0.15) is 37.8 Å². The molecule has 0 radical (unpaired) electrons. The first-order valence-corrected chi connectivity index (χ1v) is 9.59. The first kappa shape index (κ1) is 20.4. The minimum Gasteiger partial charge on any atom is -0.496 e. The van der Waals surface area contributed by atoms with Crippen LogP contribution in [0.4, 0.5) is 0 Å². The van der Waals surface area contributed by atoms with Gasteiger partial charge in [0, 0.05) is 11.5 Å². The van der Waals surface area contributed by atoms with Crippen molar-refractivity contribution in [3.63, 3.8) is 0 Å². The minimum atomic E-state index is -1.02. The van der Waals surface area contributed by atoms with Gasteiger partial charge in [0.1, 0.15) is 11.4 Å². The van der Waals surface area contributed by atoms with E-state index in [1.54, 1.807) is 27.9 Å². The van der Waals surface area contributed by atoms with Gasteiger partial charge in [-0.05, 0) is 43.2 Å². The maximum Gasteiger partial charge on any atom is 0.324 e. The van der Waals surface area contributed by atoms with Crippen LogP contribution in [-0.4, -0.2) is 18.7 Å². The van der Waals surface area contributed by atoms with Crippen LogP contribution in [-0.2, 0) is 9.53 Å². The predicted molar refractivity (Wildman–Crippen MR) is 114 cm³/mol. The molecule has 0 aliphatic carbocycles. The molecule has 0 aliphatic rings. The Morgan fingerprint density at radius 1 is 0.931 bits per heavy atom. The van der Waals surface area contributed by atoms with E-state index in [0.29, 0.717) is 5.75 Å². The first-order valence-electron chi connectivity index (χ1n) is 9.59.